The van der Waals surface area contributed by atoms with E-state index in [4.69, 9.17) is 4.74 Å². The van der Waals surface area contributed by atoms with Gasteiger partial charge in [0.05, 0.1) is 6.61 Å². The van der Waals surface area contributed by atoms with Crippen molar-refractivity contribution >= 4 is 0 Å². The monoisotopic (exact) mass is 249 g/mol. The van der Waals surface area contributed by atoms with Crippen LogP contribution in [0.3, 0.4) is 0 Å². The van der Waals surface area contributed by atoms with Crippen LogP contribution >= 0.6 is 0 Å². The quantitative estimate of drug-likeness (QED) is 0.817. The second-order valence-electron chi connectivity index (χ2n) is 5.78. The van der Waals surface area contributed by atoms with Gasteiger partial charge < -0.3 is 10.1 Å². The molecule has 18 heavy (non-hydrogen) atoms. The molecule has 2 heteroatoms. The van der Waals surface area contributed by atoms with Gasteiger partial charge in [-0.05, 0) is 36.1 Å². The van der Waals surface area contributed by atoms with E-state index < -0.39 is 0 Å². The third-order valence-electron chi connectivity index (χ3n) is 2.94. The molecule has 0 aliphatic heterocycles. The van der Waals surface area contributed by atoms with Gasteiger partial charge in [-0.25, -0.2) is 0 Å². The fourth-order valence-corrected chi connectivity index (χ4v) is 2.13. The lowest BCUT2D eigenvalue weighted by atomic mass is 9.82. The van der Waals surface area contributed by atoms with Crippen LogP contribution in [-0.4, -0.2) is 13.2 Å². The summed E-state index contributed by atoms with van der Waals surface area (Å²) in [5, 5.41) is 3.57. The van der Waals surface area contributed by atoms with E-state index in [1.807, 2.05) is 6.07 Å². The largest absolute Gasteiger partial charge is 0.494 e. The Morgan fingerprint density at radius 2 is 1.94 bits per heavy atom. The Balaban J connectivity index is 2.91. The molecule has 1 rings (SSSR count). The predicted molar refractivity (Wildman–Crippen MR) is 78.1 cm³/mol. The molecule has 1 unspecified atom stereocenters. The maximum absolute atomic E-state index is 5.71. The standard InChI is InChI=1S/C16H27NO/c1-6-11-18-14-10-8-9-13(12-14)15(17-7-2)16(3,4)5/h8-10,12,15,17H,6-7,11H2,1-5H3. The number of benzene rings is 1. The summed E-state index contributed by atoms with van der Waals surface area (Å²) < 4.78 is 5.71. The van der Waals surface area contributed by atoms with Crippen molar-refractivity contribution in [2.24, 2.45) is 5.41 Å². The van der Waals surface area contributed by atoms with Crippen LogP contribution in [0.15, 0.2) is 24.3 Å². The van der Waals surface area contributed by atoms with Gasteiger partial charge >= 0.3 is 0 Å². The molecule has 0 aromatic heterocycles. The van der Waals surface area contributed by atoms with E-state index in [-0.39, 0.29) is 5.41 Å². The predicted octanol–water partition coefficient (Wildman–Crippen LogP) is 4.17. The molecule has 0 spiro atoms. The van der Waals surface area contributed by atoms with Gasteiger partial charge in [-0.15, -0.1) is 0 Å². The second kappa shape index (κ2) is 6.79. The van der Waals surface area contributed by atoms with E-state index >= 15 is 0 Å². The summed E-state index contributed by atoms with van der Waals surface area (Å²) in [4.78, 5) is 0. The van der Waals surface area contributed by atoms with Gasteiger partial charge in [-0.1, -0.05) is 46.8 Å². The first kappa shape index (κ1) is 15.0. The maximum Gasteiger partial charge on any atom is 0.119 e. The van der Waals surface area contributed by atoms with Crippen molar-refractivity contribution in [2.45, 2.75) is 47.1 Å². The number of hydrogen-bond donors (Lipinski definition) is 1. The van der Waals surface area contributed by atoms with E-state index in [2.05, 4.69) is 58.1 Å². The topological polar surface area (TPSA) is 21.3 Å². The Kier molecular flexibility index (Phi) is 5.67. The van der Waals surface area contributed by atoms with Gasteiger partial charge in [0.2, 0.25) is 0 Å². The summed E-state index contributed by atoms with van der Waals surface area (Å²) in [7, 11) is 0. The molecule has 0 bridgehead atoms. The van der Waals surface area contributed by atoms with Crippen LogP contribution in [0.25, 0.3) is 0 Å². The Morgan fingerprint density at radius 1 is 1.22 bits per heavy atom. The van der Waals surface area contributed by atoms with Crippen LogP contribution in [0.5, 0.6) is 5.75 Å². The highest BCUT2D eigenvalue weighted by Gasteiger charge is 2.25. The van der Waals surface area contributed by atoms with Crippen LogP contribution in [0.1, 0.15) is 52.6 Å². The van der Waals surface area contributed by atoms with Crippen molar-refractivity contribution in [1.29, 1.82) is 0 Å². The van der Waals surface area contributed by atoms with E-state index in [1.54, 1.807) is 0 Å². The zero-order chi connectivity index (χ0) is 13.6. The summed E-state index contributed by atoms with van der Waals surface area (Å²) in [6.07, 6.45) is 1.04. The lowest BCUT2D eigenvalue weighted by Crippen LogP contribution is -2.32. The van der Waals surface area contributed by atoms with Gasteiger partial charge in [0.1, 0.15) is 5.75 Å². The minimum atomic E-state index is 0.194. The number of nitrogens with one attached hydrogen (secondary N) is 1. The molecule has 2 nitrogen and oxygen atoms in total. The normalized spacial score (nSPS) is 13.4. The molecule has 102 valence electrons. The molecule has 1 atom stereocenters. The van der Waals surface area contributed by atoms with Gasteiger partial charge in [0.15, 0.2) is 0 Å². The van der Waals surface area contributed by atoms with Crippen LogP contribution in [0.2, 0.25) is 0 Å². The van der Waals surface area contributed by atoms with Crippen LogP contribution in [-0.2, 0) is 0 Å². The summed E-state index contributed by atoms with van der Waals surface area (Å²) in [6, 6.07) is 8.81. The third-order valence-corrected chi connectivity index (χ3v) is 2.94. The van der Waals surface area contributed by atoms with Gasteiger partial charge in [-0.2, -0.15) is 0 Å². The lowest BCUT2D eigenvalue weighted by molar-refractivity contribution is 0.274. The highest BCUT2D eigenvalue weighted by Crippen LogP contribution is 2.33. The fourth-order valence-electron chi connectivity index (χ4n) is 2.13. The summed E-state index contributed by atoms with van der Waals surface area (Å²) in [5.74, 6) is 0.974. The molecule has 0 radical (unpaired) electrons. The van der Waals surface area contributed by atoms with Crippen molar-refractivity contribution < 1.29 is 4.74 Å². The average Bonchev–Trinajstić information content (AvgIpc) is 2.32. The summed E-state index contributed by atoms with van der Waals surface area (Å²) in [5.41, 5.74) is 1.50. The van der Waals surface area contributed by atoms with Crippen molar-refractivity contribution in [3.05, 3.63) is 29.8 Å². The van der Waals surface area contributed by atoms with E-state index in [9.17, 15) is 0 Å². The Labute approximate surface area is 112 Å². The summed E-state index contributed by atoms with van der Waals surface area (Å²) in [6.45, 7) is 12.8. The molecule has 1 N–H and O–H groups in total. The van der Waals surface area contributed by atoms with Gasteiger partial charge in [0.25, 0.3) is 0 Å². The van der Waals surface area contributed by atoms with Gasteiger partial charge in [-0.3, -0.25) is 0 Å². The molecule has 0 saturated heterocycles. The summed E-state index contributed by atoms with van der Waals surface area (Å²) >= 11 is 0. The first-order chi connectivity index (χ1) is 8.49. The smallest absolute Gasteiger partial charge is 0.119 e. The molecule has 0 aliphatic carbocycles. The van der Waals surface area contributed by atoms with Crippen LogP contribution < -0.4 is 10.1 Å². The molecular formula is C16H27NO. The maximum atomic E-state index is 5.71. The van der Waals surface area contributed by atoms with E-state index in [0.717, 1.165) is 25.3 Å². The van der Waals surface area contributed by atoms with Crippen molar-refractivity contribution in [1.82, 2.24) is 5.32 Å². The minimum Gasteiger partial charge on any atom is -0.494 e. The minimum absolute atomic E-state index is 0.194. The zero-order valence-electron chi connectivity index (χ0n) is 12.4. The molecule has 0 heterocycles. The molecule has 0 amide bonds. The Morgan fingerprint density at radius 3 is 2.50 bits per heavy atom. The fraction of sp³-hybridized carbons (Fsp3) is 0.625. The van der Waals surface area contributed by atoms with Crippen molar-refractivity contribution in [3.8, 4) is 5.75 Å². The van der Waals surface area contributed by atoms with Crippen molar-refractivity contribution in [3.63, 3.8) is 0 Å². The highest BCUT2D eigenvalue weighted by atomic mass is 16.5. The molecule has 1 aromatic carbocycles. The van der Waals surface area contributed by atoms with Crippen LogP contribution in [0, 0.1) is 5.41 Å². The first-order valence-corrected chi connectivity index (χ1v) is 6.95. The molecule has 1 aromatic rings. The number of rotatable bonds is 6. The third kappa shape index (κ3) is 4.34. The average molecular weight is 249 g/mol. The van der Waals surface area contributed by atoms with Crippen molar-refractivity contribution in [2.75, 3.05) is 13.2 Å². The zero-order valence-corrected chi connectivity index (χ0v) is 12.4. The molecular weight excluding hydrogens is 222 g/mol. The second-order valence-corrected chi connectivity index (χ2v) is 5.78. The molecule has 0 fully saturated rings. The SMILES string of the molecule is CCCOc1cccc(C(NCC)C(C)(C)C)c1. The van der Waals surface area contributed by atoms with Gasteiger partial charge in [0, 0.05) is 6.04 Å². The molecule has 0 saturated carbocycles. The van der Waals surface area contributed by atoms with Crippen LogP contribution in [0.4, 0.5) is 0 Å². The number of hydrogen-bond acceptors (Lipinski definition) is 2. The lowest BCUT2D eigenvalue weighted by Gasteiger charge is -2.32. The number of ether oxygens (including phenoxy) is 1. The first-order valence-electron chi connectivity index (χ1n) is 6.95. The van der Waals surface area contributed by atoms with E-state index in [1.165, 1.54) is 5.56 Å². The Bertz CT molecular complexity index is 354. The molecule has 0 aliphatic rings. The Hall–Kier alpha value is -1.02. The van der Waals surface area contributed by atoms with E-state index in [0.29, 0.717) is 6.04 Å². The highest BCUT2D eigenvalue weighted by molar-refractivity contribution is 5.31.